The van der Waals surface area contributed by atoms with Gasteiger partial charge in [-0.05, 0) is 28.8 Å². The van der Waals surface area contributed by atoms with Crippen LogP contribution in [0.2, 0.25) is 0 Å². The predicted molar refractivity (Wildman–Crippen MR) is 130 cm³/mol. The number of nitrogens with zero attached hydrogens (tertiary/aromatic N) is 3. The molecule has 1 unspecified atom stereocenters. The largest absolute Gasteiger partial charge is 0.364 e. The van der Waals surface area contributed by atoms with Crippen LogP contribution in [-0.4, -0.2) is 47.9 Å². The van der Waals surface area contributed by atoms with E-state index in [1.165, 1.54) is 16.8 Å². The topological polar surface area (TPSA) is 26.8 Å². The standard InChI is InChI=1S/C28H29N3O/c32-28(16-15-23-9-3-1-4-10-23)30-20-25-13-7-8-14-27(25)31-18-17-29(21-26(31)22-30)19-24-11-5-2-6-12-24/h1-16,26H,17-22H2. The Balaban J connectivity index is 1.36. The first kappa shape index (κ1) is 20.5. The van der Waals surface area contributed by atoms with Gasteiger partial charge in [-0.1, -0.05) is 78.9 Å². The van der Waals surface area contributed by atoms with E-state index in [4.69, 9.17) is 0 Å². The van der Waals surface area contributed by atoms with Gasteiger partial charge in [0.2, 0.25) is 5.91 Å². The van der Waals surface area contributed by atoms with Gasteiger partial charge in [0.15, 0.2) is 0 Å². The van der Waals surface area contributed by atoms with E-state index in [-0.39, 0.29) is 11.9 Å². The van der Waals surface area contributed by atoms with Gasteiger partial charge in [-0.2, -0.15) is 0 Å². The average molecular weight is 424 g/mol. The molecule has 1 fully saturated rings. The molecule has 4 nitrogen and oxygen atoms in total. The molecule has 1 atom stereocenters. The fourth-order valence-electron chi connectivity index (χ4n) is 4.83. The maximum Gasteiger partial charge on any atom is 0.246 e. The zero-order chi connectivity index (χ0) is 21.8. The molecular weight excluding hydrogens is 394 g/mol. The van der Waals surface area contributed by atoms with Gasteiger partial charge in [0.1, 0.15) is 0 Å². The Morgan fingerprint density at radius 1 is 0.844 bits per heavy atom. The molecule has 1 amide bonds. The number of carbonyl (C=O) groups is 1. The van der Waals surface area contributed by atoms with Crippen molar-refractivity contribution >= 4 is 17.7 Å². The van der Waals surface area contributed by atoms with Gasteiger partial charge in [0.25, 0.3) is 0 Å². The van der Waals surface area contributed by atoms with E-state index < -0.39 is 0 Å². The van der Waals surface area contributed by atoms with Crippen LogP contribution < -0.4 is 4.90 Å². The van der Waals surface area contributed by atoms with Crippen molar-refractivity contribution < 1.29 is 4.79 Å². The first-order valence-electron chi connectivity index (χ1n) is 11.4. The molecule has 0 aliphatic carbocycles. The predicted octanol–water partition coefficient (Wildman–Crippen LogP) is 4.43. The summed E-state index contributed by atoms with van der Waals surface area (Å²) in [7, 11) is 0. The van der Waals surface area contributed by atoms with Crippen molar-refractivity contribution in [3.63, 3.8) is 0 Å². The molecule has 0 N–H and O–H groups in total. The Kier molecular flexibility index (Phi) is 6.04. The van der Waals surface area contributed by atoms with Crippen LogP contribution in [0, 0.1) is 0 Å². The number of amides is 1. The summed E-state index contributed by atoms with van der Waals surface area (Å²) < 4.78 is 0. The number of para-hydroxylation sites is 1. The lowest BCUT2D eigenvalue weighted by Gasteiger charge is -2.43. The van der Waals surface area contributed by atoms with Crippen LogP contribution in [0.15, 0.2) is 91.0 Å². The monoisotopic (exact) mass is 423 g/mol. The molecule has 3 aromatic rings. The van der Waals surface area contributed by atoms with Crippen LogP contribution in [0.5, 0.6) is 0 Å². The molecule has 1 saturated heterocycles. The van der Waals surface area contributed by atoms with Crippen molar-refractivity contribution in [3.05, 3.63) is 108 Å². The number of benzene rings is 3. The highest BCUT2D eigenvalue weighted by molar-refractivity contribution is 5.92. The zero-order valence-electron chi connectivity index (χ0n) is 18.3. The number of carbonyl (C=O) groups excluding carboxylic acids is 1. The second kappa shape index (κ2) is 9.41. The molecule has 0 aromatic heterocycles. The Morgan fingerprint density at radius 2 is 1.56 bits per heavy atom. The van der Waals surface area contributed by atoms with Crippen molar-refractivity contribution in [2.24, 2.45) is 0 Å². The summed E-state index contributed by atoms with van der Waals surface area (Å²) in [6, 6.07) is 29.5. The lowest BCUT2D eigenvalue weighted by atomic mass is 10.1. The molecule has 3 aromatic carbocycles. The van der Waals surface area contributed by atoms with Crippen LogP contribution in [0.3, 0.4) is 0 Å². The summed E-state index contributed by atoms with van der Waals surface area (Å²) in [6.45, 7) is 5.31. The van der Waals surface area contributed by atoms with E-state index in [9.17, 15) is 4.79 Å². The quantitative estimate of drug-likeness (QED) is 0.581. The number of fused-ring (bicyclic) bond motifs is 3. The molecule has 2 aliphatic heterocycles. The van der Waals surface area contributed by atoms with E-state index in [2.05, 4.69) is 64.4 Å². The van der Waals surface area contributed by atoms with E-state index in [0.717, 1.165) is 38.3 Å². The van der Waals surface area contributed by atoms with Crippen LogP contribution in [0.4, 0.5) is 5.69 Å². The molecular formula is C28H29N3O. The fourth-order valence-corrected chi connectivity index (χ4v) is 4.83. The van der Waals surface area contributed by atoms with E-state index in [1.807, 2.05) is 41.3 Å². The smallest absolute Gasteiger partial charge is 0.246 e. The van der Waals surface area contributed by atoms with Crippen LogP contribution in [0.25, 0.3) is 6.08 Å². The SMILES string of the molecule is O=C(C=Cc1ccccc1)N1Cc2ccccc2N2CCN(Cc3ccccc3)CC2C1. The van der Waals surface area contributed by atoms with Crippen molar-refractivity contribution in [1.82, 2.24) is 9.80 Å². The number of anilines is 1. The first-order chi connectivity index (χ1) is 15.8. The second-order valence-electron chi connectivity index (χ2n) is 8.66. The third-order valence-corrected chi connectivity index (χ3v) is 6.44. The maximum absolute atomic E-state index is 13.2. The number of hydrogen-bond donors (Lipinski definition) is 0. The van der Waals surface area contributed by atoms with Crippen molar-refractivity contribution in [2.75, 3.05) is 31.1 Å². The molecule has 2 aliphatic rings. The minimum absolute atomic E-state index is 0.0747. The van der Waals surface area contributed by atoms with Crippen molar-refractivity contribution in [2.45, 2.75) is 19.1 Å². The second-order valence-corrected chi connectivity index (χ2v) is 8.66. The van der Waals surface area contributed by atoms with Gasteiger partial charge >= 0.3 is 0 Å². The van der Waals surface area contributed by atoms with Gasteiger partial charge in [0, 0.05) is 51.0 Å². The van der Waals surface area contributed by atoms with Crippen LogP contribution >= 0.6 is 0 Å². The van der Waals surface area contributed by atoms with Crippen molar-refractivity contribution in [1.29, 1.82) is 0 Å². The minimum Gasteiger partial charge on any atom is -0.364 e. The Labute approximate surface area is 190 Å². The Bertz CT molecular complexity index is 1080. The summed E-state index contributed by atoms with van der Waals surface area (Å²) in [4.78, 5) is 20.2. The van der Waals surface area contributed by atoms with E-state index in [1.54, 1.807) is 6.08 Å². The Hall–Kier alpha value is -3.37. The summed E-state index contributed by atoms with van der Waals surface area (Å²) in [6.07, 6.45) is 3.64. The van der Waals surface area contributed by atoms with Gasteiger partial charge < -0.3 is 9.80 Å². The molecule has 0 spiro atoms. The lowest BCUT2D eigenvalue weighted by Crippen LogP contribution is -2.56. The van der Waals surface area contributed by atoms with Gasteiger partial charge in [-0.25, -0.2) is 0 Å². The van der Waals surface area contributed by atoms with Crippen molar-refractivity contribution in [3.8, 4) is 0 Å². The number of piperazine rings is 1. The molecule has 5 rings (SSSR count). The third-order valence-electron chi connectivity index (χ3n) is 6.44. The molecule has 0 bridgehead atoms. The molecule has 0 saturated carbocycles. The highest BCUT2D eigenvalue weighted by Crippen LogP contribution is 2.30. The summed E-state index contributed by atoms with van der Waals surface area (Å²) in [5.74, 6) is 0.0747. The fraction of sp³-hybridized carbons (Fsp3) is 0.250. The van der Waals surface area contributed by atoms with Gasteiger partial charge in [0.05, 0.1) is 6.04 Å². The van der Waals surface area contributed by atoms with Crippen LogP contribution in [-0.2, 0) is 17.9 Å². The summed E-state index contributed by atoms with van der Waals surface area (Å²) in [5.41, 5.74) is 4.89. The summed E-state index contributed by atoms with van der Waals surface area (Å²) >= 11 is 0. The van der Waals surface area contributed by atoms with Gasteiger partial charge in [-0.3, -0.25) is 9.69 Å². The third kappa shape index (κ3) is 4.61. The normalized spacial score (nSPS) is 18.8. The van der Waals surface area contributed by atoms with Gasteiger partial charge in [-0.15, -0.1) is 0 Å². The number of rotatable bonds is 4. The average Bonchev–Trinajstić information content (AvgIpc) is 3.00. The summed E-state index contributed by atoms with van der Waals surface area (Å²) in [5, 5.41) is 0. The van der Waals surface area contributed by atoms with E-state index >= 15 is 0 Å². The van der Waals surface area contributed by atoms with Crippen LogP contribution in [0.1, 0.15) is 16.7 Å². The highest BCUT2D eigenvalue weighted by atomic mass is 16.2. The maximum atomic E-state index is 13.2. The Morgan fingerprint density at radius 3 is 2.38 bits per heavy atom. The lowest BCUT2D eigenvalue weighted by molar-refractivity contribution is -0.126. The molecule has 162 valence electrons. The number of hydrogen-bond acceptors (Lipinski definition) is 3. The molecule has 0 radical (unpaired) electrons. The first-order valence-corrected chi connectivity index (χ1v) is 11.4. The molecule has 32 heavy (non-hydrogen) atoms. The minimum atomic E-state index is 0.0747. The molecule has 4 heteroatoms. The molecule has 2 heterocycles. The highest BCUT2D eigenvalue weighted by Gasteiger charge is 2.33. The zero-order valence-corrected chi connectivity index (χ0v) is 18.3. The van der Waals surface area contributed by atoms with E-state index in [0.29, 0.717) is 6.54 Å².